The molecule has 64 heavy (non-hydrogen) atoms. The van der Waals surface area contributed by atoms with Gasteiger partial charge in [0, 0.05) is 12.8 Å². The maximum atomic E-state index is 15.4. The van der Waals surface area contributed by atoms with Gasteiger partial charge in [-0.3, -0.25) is 4.79 Å². The third-order valence-corrected chi connectivity index (χ3v) is 15.5. The number of hydrogen-bond donors (Lipinski definition) is 0. The SMILES string of the molecule is CCC[P+](CCC)(CCC)CC(=O)c1ccccc1.Fc1c(F)c(F)c([B-](c2c(F)c(F)c(F)c(F)c2F)(c2c(F)c(F)c(F)c(F)c2F)c2c(F)c(F)c(F)c(F)c2F)c(F)c1F. The molecule has 0 unspecified atom stereocenters. The highest BCUT2D eigenvalue weighted by molar-refractivity contribution is 7.76. The Kier molecular flexibility index (Phi) is 16.0. The van der Waals surface area contributed by atoms with Crippen molar-refractivity contribution in [2.45, 2.75) is 40.0 Å². The number of Topliss-reactive ketones (excluding diaryl/α,β-unsaturated/α-hetero) is 1. The Balaban J connectivity index is 0.000000395. The molecule has 0 radical (unpaired) electrons. The summed E-state index contributed by atoms with van der Waals surface area (Å²) in [6.45, 7) is 6.77. The van der Waals surface area contributed by atoms with Gasteiger partial charge in [-0.15, -0.1) is 21.9 Å². The van der Waals surface area contributed by atoms with E-state index < -0.39 is 152 Å². The second-order valence-electron chi connectivity index (χ2n) is 14.3. The molecule has 5 aromatic carbocycles. The highest BCUT2D eigenvalue weighted by Crippen LogP contribution is 2.60. The van der Waals surface area contributed by atoms with E-state index in [1.807, 2.05) is 30.3 Å². The predicted molar refractivity (Wildman–Crippen MR) is 197 cm³/mol. The fourth-order valence-corrected chi connectivity index (χ4v) is 12.7. The van der Waals surface area contributed by atoms with Gasteiger partial charge in [-0.05, 0) is 19.3 Å². The number of carbonyl (C=O) groups is 1. The maximum absolute atomic E-state index is 15.4. The maximum Gasteiger partial charge on any atom is 0.200 e. The monoisotopic (exact) mass is 958 g/mol. The molecule has 0 aliphatic rings. The van der Waals surface area contributed by atoms with Crippen LogP contribution >= 0.6 is 7.26 Å². The van der Waals surface area contributed by atoms with E-state index in [1.165, 1.54) is 37.7 Å². The molecule has 1 nitrogen and oxygen atoms in total. The molecule has 23 heteroatoms. The van der Waals surface area contributed by atoms with Gasteiger partial charge >= 0.3 is 0 Å². The summed E-state index contributed by atoms with van der Waals surface area (Å²) in [5.41, 5.74) is -13.4. The average Bonchev–Trinajstić information content (AvgIpc) is 3.27. The van der Waals surface area contributed by atoms with Crippen LogP contribution in [0.5, 0.6) is 0 Å². The highest BCUT2D eigenvalue weighted by Gasteiger charge is 2.52. The minimum atomic E-state index is -7.22. The summed E-state index contributed by atoms with van der Waals surface area (Å²) < 4.78 is 294. The molecular formula is C41H28BF20OP. The fraction of sp³-hybridized carbons (Fsp3) is 0.244. The summed E-state index contributed by atoms with van der Waals surface area (Å²) in [5.74, 6) is -71.0. The Morgan fingerprint density at radius 2 is 0.562 bits per heavy atom. The van der Waals surface area contributed by atoms with Crippen molar-refractivity contribution in [1.29, 1.82) is 0 Å². The third-order valence-electron chi connectivity index (χ3n) is 10.4. The third kappa shape index (κ3) is 8.57. The largest absolute Gasteiger partial charge is 0.290 e. The van der Waals surface area contributed by atoms with Gasteiger partial charge in [0.2, 0.25) is 0 Å². The van der Waals surface area contributed by atoms with Gasteiger partial charge in [-0.25, -0.2) is 87.8 Å². The van der Waals surface area contributed by atoms with Gasteiger partial charge in [0.25, 0.3) is 0 Å². The van der Waals surface area contributed by atoms with Crippen molar-refractivity contribution in [3.63, 3.8) is 0 Å². The standard InChI is InChI=1S/C24BF20.C17H28OP/c26-5-1(6(27)14(35)21(42)13(5)34)25(2-7(28)15(36)22(43)16(37)8(2)29,3-9(30)17(38)23(44)18(39)10(3)31)4-11(32)19(40)24(45)20(41)12(4)33;1-4-12-19(13-5-2,14-6-3)15-17(18)16-10-8-7-9-11-16/h;7-11H,4-6,12-15H2,1-3H3/q-1;+1. The van der Waals surface area contributed by atoms with Crippen molar-refractivity contribution in [3.8, 4) is 0 Å². The first-order chi connectivity index (χ1) is 29.9. The van der Waals surface area contributed by atoms with Crippen molar-refractivity contribution in [2.24, 2.45) is 0 Å². The first-order valence-corrected chi connectivity index (χ1v) is 21.1. The lowest BCUT2D eigenvalue weighted by Crippen LogP contribution is -2.81. The van der Waals surface area contributed by atoms with Crippen molar-refractivity contribution in [2.75, 3.05) is 24.6 Å². The van der Waals surface area contributed by atoms with Crippen LogP contribution in [0.4, 0.5) is 87.8 Å². The van der Waals surface area contributed by atoms with Gasteiger partial charge in [0.05, 0.1) is 18.5 Å². The van der Waals surface area contributed by atoms with Crippen molar-refractivity contribution in [3.05, 3.63) is 152 Å². The average molecular weight is 958 g/mol. The summed E-state index contributed by atoms with van der Waals surface area (Å²) in [6, 6.07) is 9.82. The van der Waals surface area contributed by atoms with Crippen LogP contribution in [0.2, 0.25) is 0 Å². The molecule has 0 bridgehead atoms. The van der Waals surface area contributed by atoms with Crippen LogP contribution in [0.25, 0.3) is 0 Å². The van der Waals surface area contributed by atoms with Crippen LogP contribution in [0.1, 0.15) is 50.4 Å². The topological polar surface area (TPSA) is 17.1 Å². The number of benzene rings is 5. The summed E-state index contributed by atoms with van der Waals surface area (Å²) in [6.07, 6.45) is 1.12. The molecule has 0 amide bonds. The summed E-state index contributed by atoms with van der Waals surface area (Å²) >= 11 is 0. The Labute approximate surface area is 350 Å². The molecule has 0 fully saturated rings. The molecule has 0 saturated carbocycles. The molecule has 5 rings (SSSR count). The number of carbonyl (C=O) groups excluding carboxylic acids is 1. The Morgan fingerprint density at radius 3 is 0.766 bits per heavy atom. The number of ketones is 1. The zero-order chi connectivity index (χ0) is 48.5. The molecule has 0 saturated heterocycles. The number of halogens is 20. The molecule has 0 aromatic heterocycles. The lowest BCUT2D eigenvalue weighted by molar-refractivity contribution is 0.102. The van der Waals surface area contributed by atoms with E-state index in [1.54, 1.807) is 0 Å². The van der Waals surface area contributed by atoms with Crippen LogP contribution in [0, 0.1) is 116 Å². The zero-order valence-electron chi connectivity index (χ0n) is 32.8. The molecule has 0 spiro atoms. The molecular weight excluding hydrogens is 930 g/mol. The van der Waals surface area contributed by atoms with Crippen LogP contribution in [0.3, 0.4) is 0 Å². The van der Waals surface area contributed by atoms with Crippen LogP contribution < -0.4 is 21.9 Å². The summed E-state index contributed by atoms with van der Waals surface area (Å²) in [5, 5.41) is 0. The smallest absolute Gasteiger partial charge is 0.200 e. The molecule has 0 atom stereocenters. The summed E-state index contributed by atoms with van der Waals surface area (Å²) in [4.78, 5) is 12.5. The van der Waals surface area contributed by atoms with E-state index in [2.05, 4.69) is 20.8 Å². The summed E-state index contributed by atoms with van der Waals surface area (Å²) in [7, 11) is -1.07. The molecule has 346 valence electrons. The lowest BCUT2D eigenvalue weighted by Gasteiger charge is -2.44. The van der Waals surface area contributed by atoms with Gasteiger partial charge in [-0.1, -0.05) is 51.1 Å². The van der Waals surface area contributed by atoms with Gasteiger partial charge in [0.15, 0.2) is 75.6 Å². The first kappa shape index (κ1) is 51.5. The van der Waals surface area contributed by atoms with E-state index in [0.29, 0.717) is 5.78 Å². The minimum Gasteiger partial charge on any atom is -0.290 e. The minimum absolute atomic E-state index is 0.365. The number of rotatable bonds is 13. The van der Waals surface area contributed by atoms with Gasteiger partial charge in [0.1, 0.15) is 58.8 Å². The second-order valence-corrected chi connectivity index (χ2v) is 18.6. The first-order valence-electron chi connectivity index (χ1n) is 18.5. The predicted octanol–water partition coefficient (Wildman–Crippen LogP) is 11.0. The van der Waals surface area contributed by atoms with Crippen LogP contribution in [0.15, 0.2) is 30.3 Å². The molecule has 0 aliphatic heterocycles. The Bertz CT molecular complexity index is 2210. The van der Waals surface area contributed by atoms with E-state index in [-0.39, 0.29) is 0 Å². The second kappa shape index (κ2) is 19.9. The van der Waals surface area contributed by atoms with Crippen LogP contribution in [-0.4, -0.2) is 36.6 Å². The van der Waals surface area contributed by atoms with Gasteiger partial charge in [-0.2, -0.15) is 0 Å². The lowest BCUT2D eigenvalue weighted by atomic mass is 9.12. The highest BCUT2D eigenvalue weighted by atomic mass is 31.2. The zero-order valence-corrected chi connectivity index (χ0v) is 33.7. The molecule has 0 N–H and O–H groups in total. The van der Waals surface area contributed by atoms with E-state index >= 15 is 35.1 Å². The normalized spacial score (nSPS) is 11.9. The van der Waals surface area contributed by atoms with E-state index in [0.717, 1.165) is 11.7 Å². The van der Waals surface area contributed by atoms with E-state index in [9.17, 15) is 57.5 Å². The van der Waals surface area contributed by atoms with Crippen LogP contribution in [-0.2, 0) is 0 Å². The van der Waals surface area contributed by atoms with Crippen molar-refractivity contribution in [1.82, 2.24) is 0 Å². The number of hydrogen-bond acceptors (Lipinski definition) is 1. The quantitative estimate of drug-likeness (QED) is 0.0287. The van der Waals surface area contributed by atoms with Gasteiger partial charge < -0.3 is 0 Å². The molecule has 0 aliphatic carbocycles. The fourth-order valence-electron chi connectivity index (χ4n) is 7.89. The van der Waals surface area contributed by atoms with E-state index in [4.69, 9.17) is 0 Å². The van der Waals surface area contributed by atoms with Crippen molar-refractivity contribution >= 4 is 41.0 Å². The Hall–Kier alpha value is -5.14. The van der Waals surface area contributed by atoms with Crippen molar-refractivity contribution < 1.29 is 92.6 Å². The molecule has 5 aromatic rings. The Morgan fingerprint density at radius 1 is 0.359 bits per heavy atom. The molecule has 0 heterocycles.